The summed E-state index contributed by atoms with van der Waals surface area (Å²) in [6, 6.07) is 7.61. The summed E-state index contributed by atoms with van der Waals surface area (Å²) in [5.74, 6) is 0.409. The van der Waals surface area contributed by atoms with E-state index >= 15 is 0 Å². The maximum atomic E-state index is 12.9. The topological polar surface area (TPSA) is 72.7 Å². The van der Waals surface area contributed by atoms with Gasteiger partial charge in [0.2, 0.25) is 0 Å². The van der Waals surface area contributed by atoms with Crippen LogP contribution in [0.15, 0.2) is 40.2 Å². The predicted octanol–water partition coefficient (Wildman–Crippen LogP) is 2.23. The lowest BCUT2D eigenvalue weighted by Crippen LogP contribution is -2.39. The average molecular weight is 312 g/mol. The zero-order valence-electron chi connectivity index (χ0n) is 13.5. The van der Waals surface area contributed by atoms with Gasteiger partial charge in [-0.15, -0.1) is 0 Å². The molecular formula is C17H20N4O2. The maximum Gasteiger partial charge on any atom is 0.337 e. The summed E-state index contributed by atoms with van der Waals surface area (Å²) >= 11 is 0. The molecule has 120 valence electrons. The monoisotopic (exact) mass is 312 g/mol. The van der Waals surface area contributed by atoms with E-state index in [1.807, 2.05) is 31.2 Å². The third-order valence-corrected chi connectivity index (χ3v) is 3.90. The largest absolute Gasteiger partial charge is 0.339 e. The van der Waals surface area contributed by atoms with Gasteiger partial charge < -0.3 is 4.98 Å². The van der Waals surface area contributed by atoms with Gasteiger partial charge in [0.05, 0.1) is 12.0 Å². The Labute approximate surface area is 133 Å². The summed E-state index contributed by atoms with van der Waals surface area (Å²) in [6.45, 7) is 6.50. The number of H-pyrrole nitrogens is 1. The Balaban J connectivity index is 2.30. The first-order valence-electron chi connectivity index (χ1n) is 7.75. The summed E-state index contributed by atoms with van der Waals surface area (Å²) in [5.41, 5.74) is 1.82. The molecular weight excluding hydrogens is 292 g/mol. The van der Waals surface area contributed by atoms with Crippen LogP contribution in [-0.4, -0.2) is 19.1 Å². The van der Waals surface area contributed by atoms with Crippen molar-refractivity contribution >= 4 is 11.2 Å². The quantitative estimate of drug-likeness (QED) is 0.803. The molecule has 1 aromatic carbocycles. The van der Waals surface area contributed by atoms with Crippen molar-refractivity contribution < 1.29 is 0 Å². The van der Waals surface area contributed by atoms with Crippen LogP contribution in [0.2, 0.25) is 0 Å². The number of aromatic nitrogens is 4. The number of nitrogens with one attached hydrogen (secondary N) is 1. The Bertz CT molecular complexity index is 963. The zero-order chi connectivity index (χ0) is 16.6. The van der Waals surface area contributed by atoms with Crippen molar-refractivity contribution in [3.8, 4) is 5.69 Å². The molecule has 0 saturated heterocycles. The summed E-state index contributed by atoms with van der Waals surface area (Å²) in [6.07, 6.45) is 2.22. The first-order valence-corrected chi connectivity index (χ1v) is 7.75. The Hall–Kier alpha value is -2.63. The normalized spacial score (nSPS) is 11.5. The number of aromatic amines is 1. The Morgan fingerprint density at radius 3 is 2.74 bits per heavy atom. The Kier molecular flexibility index (Phi) is 3.90. The molecule has 1 N–H and O–H groups in total. The predicted molar refractivity (Wildman–Crippen MR) is 90.1 cm³/mol. The number of imidazole rings is 1. The van der Waals surface area contributed by atoms with E-state index in [-0.39, 0.29) is 11.2 Å². The molecule has 0 aliphatic rings. The van der Waals surface area contributed by atoms with Gasteiger partial charge in [-0.1, -0.05) is 26.0 Å². The second-order valence-corrected chi connectivity index (χ2v) is 6.20. The summed E-state index contributed by atoms with van der Waals surface area (Å²) in [4.78, 5) is 32.5. The number of rotatable bonds is 4. The minimum absolute atomic E-state index is 0.313. The van der Waals surface area contributed by atoms with Gasteiger partial charge in [-0.3, -0.25) is 9.36 Å². The van der Waals surface area contributed by atoms with Gasteiger partial charge in [0, 0.05) is 6.54 Å². The number of nitrogens with zero attached hydrogens (tertiary/aromatic N) is 3. The molecule has 0 aliphatic heterocycles. The van der Waals surface area contributed by atoms with Crippen LogP contribution in [-0.2, 0) is 6.54 Å². The molecule has 6 nitrogen and oxygen atoms in total. The van der Waals surface area contributed by atoms with Crippen molar-refractivity contribution in [1.29, 1.82) is 0 Å². The summed E-state index contributed by atoms with van der Waals surface area (Å²) in [7, 11) is 0. The molecule has 0 fully saturated rings. The molecule has 23 heavy (non-hydrogen) atoms. The molecule has 0 spiro atoms. The number of benzene rings is 1. The van der Waals surface area contributed by atoms with Gasteiger partial charge in [-0.05, 0) is 37.0 Å². The van der Waals surface area contributed by atoms with Gasteiger partial charge in [0.25, 0.3) is 5.56 Å². The van der Waals surface area contributed by atoms with Crippen LogP contribution in [0.4, 0.5) is 0 Å². The van der Waals surface area contributed by atoms with Gasteiger partial charge in [0.1, 0.15) is 5.52 Å². The van der Waals surface area contributed by atoms with Gasteiger partial charge in [0.15, 0.2) is 5.65 Å². The zero-order valence-corrected chi connectivity index (χ0v) is 13.5. The highest BCUT2D eigenvalue weighted by Crippen LogP contribution is 2.12. The molecule has 3 aromatic rings. The fourth-order valence-electron chi connectivity index (χ4n) is 2.63. The second kappa shape index (κ2) is 5.87. The first kappa shape index (κ1) is 15.3. The minimum Gasteiger partial charge on any atom is -0.339 e. The molecule has 0 unspecified atom stereocenters. The molecule has 0 aliphatic carbocycles. The lowest BCUT2D eigenvalue weighted by atomic mass is 10.1. The lowest BCUT2D eigenvalue weighted by Gasteiger charge is -2.12. The van der Waals surface area contributed by atoms with Crippen LogP contribution in [0.25, 0.3) is 16.9 Å². The highest BCUT2D eigenvalue weighted by atomic mass is 16.2. The van der Waals surface area contributed by atoms with Crippen LogP contribution in [0.3, 0.4) is 0 Å². The van der Waals surface area contributed by atoms with E-state index in [0.29, 0.717) is 29.3 Å². The van der Waals surface area contributed by atoms with Crippen LogP contribution < -0.4 is 11.2 Å². The van der Waals surface area contributed by atoms with E-state index in [1.165, 1.54) is 15.5 Å². The minimum atomic E-state index is -0.346. The maximum absolute atomic E-state index is 12.9. The molecule has 2 aromatic heterocycles. The number of hydrogen-bond donors (Lipinski definition) is 1. The lowest BCUT2D eigenvalue weighted by molar-refractivity contribution is 0.492. The molecule has 3 rings (SSSR count). The number of fused-ring (bicyclic) bond motifs is 1. The summed E-state index contributed by atoms with van der Waals surface area (Å²) < 4.78 is 2.80. The molecule has 6 heteroatoms. The number of hydrogen-bond acceptors (Lipinski definition) is 3. The van der Waals surface area contributed by atoms with Crippen molar-refractivity contribution in [1.82, 2.24) is 19.1 Å². The van der Waals surface area contributed by atoms with E-state index in [4.69, 9.17) is 0 Å². The van der Waals surface area contributed by atoms with E-state index in [9.17, 15) is 9.59 Å². The standard InChI is InChI=1S/C17H20N4O2/c1-11(2)7-8-20-16(22)14-15(19-10-18-14)21(17(20)23)13-6-4-5-12(3)9-13/h4-6,9-11H,7-8H2,1-3H3,(H,18,19). The van der Waals surface area contributed by atoms with E-state index in [0.717, 1.165) is 12.0 Å². The fraction of sp³-hybridized carbons (Fsp3) is 0.353. The van der Waals surface area contributed by atoms with E-state index in [1.54, 1.807) is 0 Å². The van der Waals surface area contributed by atoms with Crippen LogP contribution in [0.1, 0.15) is 25.8 Å². The Morgan fingerprint density at radius 1 is 1.26 bits per heavy atom. The fourth-order valence-corrected chi connectivity index (χ4v) is 2.63. The Morgan fingerprint density at radius 2 is 2.04 bits per heavy atom. The highest BCUT2D eigenvalue weighted by molar-refractivity contribution is 5.71. The van der Waals surface area contributed by atoms with Crippen molar-refractivity contribution in [2.75, 3.05) is 0 Å². The van der Waals surface area contributed by atoms with Crippen LogP contribution in [0.5, 0.6) is 0 Å². The van der Waals surface area contributed by atoms with Gasteiger partial charge >= 0.3 is 5.69 Å². The smallest absolute Gasteiger partial charge is 0.337 e. The highest BCUT2D eigenvalue weighted by Gasteiger charge is 2.16. The van der Waals surface area contributed by atoms with Crippen molar-refractivity contribution in [3.05, 3.63) is 57.0 Å². The SMILES string of the molecule is Cc1cccc(-n2c(=O)n(CCC(C)C)c(=O)c3[nH]cnc32)c1. The molecule has 2 heterocycles. The van der Waals surface area contributed by atoms with Gasteiger partial charge in [-0.25, -0.2) is 14.3 Å². The van der Waals surface area contributed by atoms with E-state index in [2.05, 4.69) is 23.8 Å². The first-order chi connectivity index (χ1) is 11.0. The van der Waals surface area contributed by atoms with Crippen molar-refractivity contribution in [3.63, 3.8) is 0 Å². The van der Waals surface area contributed by atoms with E-state index < -0.39 is 0 Å². The van der Waals surface area contributed by atoms with Crippen LogP contribution >= 0.6 is 0 Å². The van der Waals surface area contributed by atoms with Crippen LogP contribution in [0, 0.1) is 12.8 Å². The van der Waals surface area contributed by atoms with Crippen molar-refractivity contribution in [2.24, 2.45) is 5.92 Å². The second-order valence-electron chi connectivity index (χ2n) is 6.20. The third-order valence-electron chi connectivity index (χ3n) is 3.90. The molecule has 0 saturated carbocycles. The molecule has 0 amide bonds. The molecule has 0 atom stereocenters. The number of aryl methyl sites for hydroxylation is 1. The third kappa shape index (κ3) is 2.72. The molecule has 0 radical (unpaired) electrons. The average Bonchev–Trinajstić information content (AvgIpc) is 2.96. The van der Waals surface area contributed by atoms with Crippen molar-refractivity contribution in [2.45, 2.75) is 33.7 Å². The molecule has 0 bridgehead atoms. The summed E-state index contributed by atoms with van der Waals surface area (Å²) in [5, 5.41) is 0. The van der Waals surface area contributed by atoms with Gasteiger partial charge in [-0.2, -0.15) is 0 Å².